The number of carbonyl (C=O) groups is 1. The first-order chi connectivity index (χ1) is 10.2. The SMILES string of the molecule is C#Cc1ccc2c(c1)-n1nc(C(N)=O)c(CO)c1CCO2. The van der Waals surface area contributed by atoms with E-state index in [1.165, 1.54) is 0 Å². The Labute approximate surface area is 121 Å². The predicted octanol–water partition coefficient (Wildman–Crippen LogP) is 0.380. The highest BCUT2D eigenvalue weighted by Crippen LogP contribution is 2.30. The van der Waals surface area contributed by atoms with Gasteiger partial charge in [-0.1, -0.05) is 5.92 Å². The second-order valence-electron chi connectivity index (χ2n) is 4.63. The minimum absolute atomic E-state index is 0.0754. The molecule has 21 heavy (non-hydrogen) atoms. The van der Waals surface area contributed by atoms with Crippen molar-refractivity contribution in [3.8, 4) is 23.8 Å². The standard InChI is InChI=1S/C15H13N3O3/c1-2-9-3-4-13-12(7-9)18-11(5-6-21-13)10(8-19)14(17-18)15(16)20/h1,3-4,7,19H,5-6,8H2,(H2,16,20). The summed E-state index contributed by atoms with van der Waals surface area (Å²) >= 11 is 0. The van der Waals surface area contributed by atoms with Crippen LogP contribution in [0.5, 0.6) is 5.75 Å². The lowest BCUT2D eigenvalue weighted by Gasteiger charge is -2.08. The molecular weight excluding hydrogens is 270 g/mol. The molecule has 1 amide bonds. The number of aliphatic hydroxyl groups is 1. The van der Waals surface area contributed by atoms with Crippen LogP contribution in [0.25, 0.3) is 5.69 Å². The molecule has 3 rings (SSSR count). The molecule has 2 heterocycles. The van der Waals surface area contributed by atoms with Crippen LogP contribution in [0.4, 0.5) is 0 Å². The quantitative estimate of drug-likeness (QED) is 0.780. The van der Waals surface area contributed by atoms with Gasteiger partial charge in [-0.2, -0.15) is 5.10 Å². The number of hydrogen-bond acceptors (Lipinski definition) is 4. The highest BCUT2D eigenvalue weighted by Gasteiger charge is 2.25. The second-order valence-corrected chi connectivity index (χ2v) is 4.63. The summed E-state index contributed by atoms with van der Waals surface area (Å²) in [5.41, 5.74) is 7.86. The van der Waals surface area contributed by atoms with Gasteiger partial charge in [0.2, 0.25) is 0 Å². The number of carbonyl (C=O) groups excluding carboxylic acids is 1. The van der Waals surface area contributed by atoms with Crippen LogP contribution in [-0.4, -0.2) is 27.4 Å². The molecule has 3 N–H and O–H groups in total. The van der Waals surface area contributed by atoms with Gasteiger partial charge in [0.15, 0.2) is 5.69 Å². The van der Waals surface area contributed by atoms with Crippen LogP contribution in [0.15, 0.2) is 18.2 Å². The van der Waals surface area contributed by atoms with Crippen LogP contribution in [0.3, 0.4) is 0 Å². The lowest BCUT2D eigenvalue weighted by atomic mass is 10.1. The third kappa shape index (κ3) is 2.04. The number of rotatable bonds is 2. The molecule has 1 aromatic heterocycles. The van der Waals surface area contributed by atoms with Crippen molar-refractivity contribution in [2.45, 2.75) is 13.0 Å². The Balaban J connectivity index is 2.29. The zero-order valence-corrected chi connectivity index (χ0v) is 11.2. The molecule has 0 fully saturated rings. The van der Waals surface area contributed by atoms with Crippen molar-refractivity contribution in [2.24, 2.45) is 5.73 Å². The lowest BCUT2D eigenvalue weighted by Crippen LogP contribution is -2.14. The first kappa shape index (κ1) is 13.2. The lowest BCUT2D eigenvalue weighted by molar-refractivity contribution is 0.0992. The van der Waals surface area contributed by atoms with Crippen molar-refractivity contribution in [1.29, 1.82) is 0 Å². The van der Waals surface area contributed by atoms with Crippen LogP contribution < -0.4 is 10.5 Å². The smallest absolute Gasteiger partial charge is 0.269 e. The number of fused-ring (bicyclic) bond motifs is 3. The van der Waals surface area contributed by atoms with Gasteiger partial charge in [0.1, 0.15) is 11.4 Å². The monoisotopic (exact) mass is 283 g/mol. The van der Waals surface area contributed by atoms with Crippen LogP contribution in [0, 0.1) is 12.3 Å². The number of aliphatic hydroxyl groups excluding tert-OH is 1. The number of ether oxygens (including phenoxy) is 1. The first-order valence-electron chi connectivity index (χ1n) is 6.41. The Hall–Kier alpha value is -2.78. The fourth-order valence-corrected chi connectivity index (χ4v) is 2.46. The highest BCUT2D eigenvalue weighted by molar-refractivity contribution is 5.92. The summed E-state index contributed by atoms with van der Waals surface area (Å²) < 4.78 is 7.24. The maximum Gasteiger partial charge on any atom is 0.269 e. The van der Waals surface area contributed by atoms with Crippen molar-refractivity contribution >= 4 is 5.91 Å². The Morgan fingerprint density at radius 3 is 3.05 bits per heavy atom. The van der Waals surface area contributed by atoms with E-state index in [0.29, 0.717) is 41.3 Å². The van der Waals surface area contributed by atoms with Crippen LogP contribution in [0.1, 0.15) is 27.3 Å². The molecule has 0 saturated carbocycles. The third-order valence-electron chi connectivity index (χ3n) is 3.43. The molecule has 0 radical (unpaired) electrons. The van der Waals surface area contributed by atoms with E-state index in [9.17, 15) is 9.90 Å². The predicted molar refractivity (Wildman–Crippen MR) is 75.1 cm³/mol. The molecule has 106 valence electrons. The molecule has 0 aliphatic carbocycles. The van der Waals surface area contributed by atoms with E-state index < -0.39 is 5.91 Å². The molecule has 1 aromatic carbocycles. The Morgan fingerprint density at radius 1 is 1.57 bits per heavy atom. The molecule has 1 aliphatic rings. The van der Waals surface area contributed by atoms with Gasteiger partial charge < -0.3 is 15.6 Å². The highest BCUT2D eigenvalue weighted by atomic mass is 16.5. The van der Waals surface area contributed by atoms with Crippen LogP contribution >= 0.6 is 0 Å². The minimum Gasteiger partial charge on any atom is -0.491 e. The van der Waals surface area contributed by atoms with E-state index in [0.717, 1.165) is 0 Å². The van der Waals surface area contributed by atoms with E-state index in [-0.39, 0.29) is 12.3 Å². The molecule has 6 heteroatoms. The van der Waals surface area contributed by atoms with E-state index >= 15 is 0 Å². The summed E-state index contributed by atoms with van der Waals surface area (Å²) in [5, 5.41) is 13.7. The van der Waals surface area contributed by atoms with Gasteiger partial charge in [-0.15, -0.1) is 6.42 Å². The summed E-state index contributed by atoms with van der Waals surface area (Å²) in [6.07, 6.45) is 5.93. The molecule has 1 aliphatic heterocycles. The largest absolute Gasteiger partial charge is 0.491 e. The van der Waals surface area contributed by atoms with Gasteiger partial charge in [0.25, 0.3) is 5.91 Å². The van der Waals surface area contributed by atoms with Gasteiger partial charge in [0, 0.05) is 17.5 Å². The zero-order valence-electron chi connectivity index (χ0n) is 11.2. The number of hydrogen-bond donors (Lipinski definition) is 2. The maximum absolute atomic E-state index is 11.5. The van der Waals surface area contributed by atoms with E-state index in [1.54, 1.807) is 22.9 Å². The molecule has 0 bridgehead atoms. The maximum atomic E-state index is 11.5. The van der Waals surface area contributed by atoms with Gasteiger partial charge >= 0.3 is 0 Å². The van der Waals surface area contributed by atoms with Crippen molar-refractivity contribution in [3.05, 3.63) is 40.7 Å². The van der Waals surface area contributed by atoms with Crippen molar-refractivity contribution in [3.63, 3.8) is 0 Å². The van der Waals surface area contributed by atoms with E-state index in [1.807, 2.05) is 0 Å². The van der Waals surface area contributed by atoms with Crippen molar-refractivity contribution < 1.29 is 14.6 Å². The third-order valence-corrected chi connectivity index (χ3v) is 3.43. The summed E-state index contributed by atoms with van der Waals surface area (Å²) in [5.74, 6) is 2.50. The summed E-state index contributed by atoms with van der Waals surface area (Å²) in [7, 11) is 0. The molecule has 0 unspecified atom stereocenters. The average molecular weight is 283 g/mol. The summed E-state index contributed by atoms with van der Waals surface area (Å²) in [6, 6.07) is 5.29. The van der Waals surface area contributed by atoms with Gasteiger partial charge in [-0.25, -0.2) is 4.68 Å². The van der Waals surface area contributed by atoms with E-state index in [4.69, 9.17) is 16.9 Å². The average Bonchev–Trinajstić information content (AvgIpc) is 2.77. The molecule has 0 atom stereocenters. The fraction of sp³-hybridized carbons (Fsp3) is 0.200. The van der Waals surface area contributed by atoms with Crippen molar-refractivity contribution in [1.82, 2.24) is 9.78 Å². The molecule has 2 aromatic rings. The first-order valence-corrected chi connectivity index (χ1v) is 6.41. The van der Waals surface area contributed by atoms with Crippen LogP contribution in [0.2, 0.25) is 0 Å². The van der Waals surface area contributed by atoms with Gasteiger partial charge in [-0.05, 0) is 18.2 Å². The van der Waals surface area contributed by atoms with Crippen LogP contribution in [-0.2, 0) is 13.0 Å². The summed E-state index contributed by atoms with van der Waals surface area (Å²) in [4.78, 5) is 11.5. The molecule has 0 spiro atoms. The number of terminal acetylenes is 1. The number of primary amides is 1. The molecular formula is C15H13N3O3. The number of aromatic nitrogens is 2. The van der Waals surface area contributed by atoms with Gasteiger partial charge in [-0.3, -0.25) is 4.79 Å². The Bertz CT molecular complexity index is 771. The minimum atomic E-state index is -0.671. The Morgan fingerprint density at radius 2 is 2.38 bits per heavy atom. The zero-order chi connectivity index (χ0) is 15.0. The number of nitrogens with zero attached hydrogens (tertiary/aromatic N) is 2. The second kappa shape index (κ2) is 4.96. The van der Waals surface area contributed by atoms with E-state index in [2.05, 4.69) is 11.0 Å². The number of benzene rings is 1. The molecule has 0 saturated heterocycles. The van der Waals surface area contributed by atoms with Gasteiger partial charge in [0.05, 0.1) is 18.9 Å². The Kier molecular flexibility index (Phi) is 3.12. The van der Waals surface area contributed by atoms with Crippen molar-refractivity contribution in [2.75, 3.05) is 6.61 Å². The molecule has 6 nitrogen and oxygen atoms in total. The topological polar surface area (TPSA) is 90.4 Å². The summed E-state index contributed by atoms with van der Waals surface area (Å²) in [6.45, 7) is 0.108. The number of amides is 1. The fourth-order valence-electron chi connectivity index (χ4n) is 2.46. The normalized spacial score (nSPS) is 12.6. The number of nitrogens with two attached hydrogens (primary N) is 1.